The quantitative estimate of drug-likeness (QED) is 0.857. The first-order chi connectivity index (χ1) is 9.15. The molecule has 0 aliphatic carbocycles. The highest BCUT2D eigenvalue weighted by molar-refractivity contribution is 5.86. The molecule has 1 atom stereocenters. The van der Waals surface area contributed by atoms with Crippen LogP contribution in [0.4, 0.5) is 13.2 Å². The normalized spacial score (nSPS) is 21.1. The van der Waals surface area contributed by atoms with Crippen LogP contribution in [-0.2, 0) is 4.79 Å². The third kappa shape index (κ3) is 3.44. The maximum atomic E-state index is 12.8. The Morgan fingerprint density at radius 1 is 1.25 bits per heavy atom. The van der Waals surface area contributed by atoms with Gasteiger partial charge in [0.2, 0.25) is 0 Å². The van der Waals surface area contributed by atoms with E-state index in [9.17, 15) is 18.0 Å². The molecule has 0 spiro atoms. The summed E-state index contributed by atoms with van der Waals surface area (Å²) in [6, 6.07) is 0.337. The molecule has 1 fully saturated rings. The van der Waals surface area contributed by atoms with Crippen LogP contribution in [0.2, 0.25) is 0 Å². The maximum Gasteiger partial charge on any atom is 0.415 e. The van der Waals surface area contributed by atoms with Crippen LogP contribution in [-0.4, -0.2) is 59.6 Å². The average Bonchev–Trinajstić information content (AvgIpc) is 2.39. The lowest BCUT2D eigenvalue weighted by Gasteiger charge is -2.40. The van der Waals surface area contributed by atoms with Gasteiger partial charge >= 0.3 is 6.18 Å². The van der Waals surface area contributed by atoms with Gasteiger partial charge in [0, 0.05) is 19.1 Å². The molecule has 20 heavy (non-hydrogen) atoms. The lowest BCUT2D eigenvalue weighted by molar-refractivity contribution is -0.194. The second-order valence-corrected chi connectivity index (χ2v) is 5.44. The van der Waals surface area contributed by atoms with Gasteiger partial charge in [0.15, 0.2) is 5.54 Å². The van der Waals surface area contributed by atoms with Crippen molar-refractivity contribution in [2.24, 2.45) is 5.73 Å². The average molecular weight is 295 g/mol. The van der Waals surface area contributed by atoms with Crippen LogP contribution in [0, 0.1) is 0 Å². The third-order valence-electron chi connectivity index (χ3n) is 4.11. The predicted molar refractivity (Wildman–Crippen MR) is 71.2 cm³/mol. The largest absolute Gasteiger partial charge is 0.415 e. The summed E-state index contributed by atoms with van der Waals surface area (Å²) in [4.78, 5) is 15.5. The zero-order valence-corrected chi connectivity index (χ0v) is 12.3. The van der Waals surface area contributed by atoms with E-state index in [4.69, 9.17) is 5.73 Å². The lowest BCUT2D eigenvalue weighted by atomic mass is 9.97. The summed E-state index contributed by atoms with van der Waals surface area (Å²) in [6.07, 6.45) is -3.33. The maximum absolute atomic E-state index is 12.8. The first kappa shape index (κ1) is 17.2. The summed E-state index contributed by atoms with van der Waals surface area (Å²) in [5.41, 5.74) is 2.39. The van der Waals surface area contributed by atoms with Crippen molar-refractivity contribution >= 4 is 5.91 Å². The van der Waals surface area contributed by atoms with Crippen molar-refractivity contribution in [2.75, 3.05) is 26.2 Å². The summed E-state index contributed by atoms with van der Waals surface area (Å²) < 4.78 is 38.3. The Morgan fingerprint density at radius 3 is 2.05 bits per heavy atom. The Labute approximate surface area is 118 Å². The van der Waals surface area contributed by atoms with Crippen LogP contribution in [0.1, 0.15) is 33.6 Å². The van der Waals surface area contributed by atoms with Crippen molar-refractivity contribution < 1.29 is 18.0 Å². The number of carbonyl (C=O) groups excluding carboxylic acids is 1. The van der Waals surface area contributed by atoms with Crippen LogP contribution in [0.15, 0.2) is 0 Å². The fraction of sp³-hybridized carbons (Fsp3) is 0.923. The van der Waals surface area contributed by atoms with Crippen molar-refractivity contribution in [3.05, 3.63) is 0 Å². The van der Waals surface area contributed by atoms with Crippen molar-refractivity contribution in [2.45, 2.75) is 51.4 Å². The van der Waals surface area contributed by atoms with Gasteiger partial charge in [-0.3, -0.25) is 4.79 Å². The lowest BCUT2D eigenvalue weighted by Crippen LogP contribution is -2.63. The second-order valence-electron chi connectivity index (χ2n) is 5.44. The number of hydrogen-bond donors (Lipinski definition) is 1. The highest BCUT2D eigenvalue weighted by atomic mass is 19.4. The molecule has 2 N–H and O–H groups in total. The molecule has 1 heterocycles. The summed E-state index contributed by atoms with van der Waals surface area (Å²) >= 11 is 0. The van der Waals surface area contributed by atoms with Gasteiger partial charge in [-0.15, -0.1) is 0 Å². The molecule has 1 unspecified atom stereocenters. The number of hydrogen-bond acceptors (Lipinski definition) is 3. The fourth-order valence-corrected chi connectivity index (χ4v) is 2.62. The zero-order chi connectivity index (χ0) is 15.6. The summed E-state index contributed by atoms with van der Waals surface area (Å²) in [5, 5.41) is 0. The van der Waals surface area contributed by atoms with Gasteiger partial charge < -0.3 is 15.5 Å². The summed E-state index contributed by atoms with van der Waals surface area (Å²) in [5.74, 6) is -1.03. The smallest absolute Gasteiger partial charge is 0.341 e. The van der Waals surface area contributed by atoms with E-state index in [1.54, 1.807) is 0 Å². The van der Waals surface area contributed by atoms with Crippen LogP contribution >= 0.6 is 0 Å². The van der Waals surface area contributed by atoms with Crippen molar-refractivity contribution in [3.8, 4) is 0 Å². The highest BCUT2D eigenvalue weighted by Gasteiger charge is 2.55. The highest BCUT2D eigenvalue weighted by Crippen LogP contribution is 2.30. The predicted octanol–water partition coefficient (Wildman–Crippen LogP) is 1.60. The van der Waals surface area contributed by atoms with Gasteiger partial charge in [0.25, 0.3) is 5.91 Å². The van der Waals surface area contributed by atoms with E-state index in [1.807, 2.05) is 0 Å². The third-order valence-corrected chi connectivity index (χ3v) is 4.11. The number of nitrogens with zero attached hydrogens (tertiary/aromatic N) is 2. The molecule has 1 amide bonds. The monoisotopic (exact) mass is 295 g/mol. The molecule has 4 nitrogen and oxygen atoms in total. The molecule has 0 aromatic heterocycles. The van der Waals surface area contributed by atoms with Crippen LogP contribution in [0.5, 0.6) is 0 Å². The Morgan fingerprint density at radius 2 is 1.70 bits per heavy atom. The minimum atomic E-state index is -4.72. The summed E-state index contributed by atoms with van der Waals surface area (Å²) in [7, 11) is 0. The van der Waals surface area contributed by atoms with Gasteiger partial charge in [-0.05, 0) is 32.9 Å². The molecular formula is C13H24F3N3O. The second kappa shape index (κ2) is 6.30. The van der Waals surface area contributed by atoms with Gasteiger partial charge in [-0.1, -0.05) is 13.8 Å². The van der Waals surface area contributed by atoms with E-state index in [1.165, 1.54) is 4.90 Å². The molecular weight excluding hydrogens is 271 g/mol. The number of piperidine rings is 1. The van der Waals surface area contributed by atoms with E-state index in [0.717, 1.165) is 20.0 Å². The van der Waals surface area contributed by atoms with E-state index in [2.05, 4.69) is 18.7 Å². The number of alkyl halides is 3. The molecule has 0 radical (unpaired) electrons. The molecule has 1 saturated heterocycles. The van der Waals surface area contributed by atoms with Gasteiger partial charge in [-0.25, -0.2) is 0 Å². The molecule has 118 valence electrons. The topological polar surface area (TPSA) is 49.6 Å². The Kier molecular flexibility index (Phi) is 5.43. The Hall–Kier alpha value is -0.820. The van der Waals surface area contributed by atoms with Crippen molar-refractivity contribution in [1.29, 1.82) is 0 Å². The first-order valence-electron chi connectivity index (χ1n) is 7.04. The van der Waals surface area contributed by atoms with E-state index >= 15 is 0 Å². The molecule has 0 saturated carbocycles. The van der Waals surface area contributed by atoms with Crippen LogP contribution < -0.4 is 5.73 Å². The number of carbonyl (C=O) groups is 1. The van der Waals surface area contributed by atoms with Crippen LogP contribution in [0.25, 0.3) is 0 Å². The summed E-state index contributed by atoms with van der Waals surface area (Å²) in [6.45, 7) is 7.35. The van der Waals surface area contributed by atoms with E-state index < -0.39 is 17.6 Å². The minimum Gasteiger partial charge on any atom is -0.341 e. The number of halogens is 3. The molecule has 1 aliphatic heterocycles. The number of nitrogens with two attached hydrogens (primary N) is 1. The Bertz CT molecular complexity index is 332. The van der Waals surface area contributed by atoms with Gasteiger partial charge in [-0.2, -0.15) is 13.2 Å². The number of likely N-dealkylation sites (tertiary alicyclic amines) is 1. The number of rotatable bonds is 4. The molecule has 7 heteroatoms. The molecule has 1 aliphatic rings. The molecule has 1 rings (SSSR count). The SMILES string of the molecule is CCN(CC)C1CCN(C(=O)C(C)(N)C(F)(F)F)CC1. The van der Waals surface area contributed by atoms with Crippen LogP contribution in [0.3, 0.4) is 0 Å². The molecule has 0 aromatic rings. The Balaban J connectivity index is 2.64. The van der Waals surface area contributed by atoms with E-state index in [-0.39, 0.29) is 0 Å². The minimum absolute atomic E-state index is 0.336. The van der Waals surface area contributed by atoms with Crippen molar-refractivity contribution in [1.82, 2.24) is 9.80 Å². The van der Waals surface area contributed by atoms with E-state index in [0.29, 0.717) is 32.0 Å². The standard InChI is InChI=1S/C13H24F3N3O/c1-4-18(5-2)10-6-8-19(9-7-10)11(20)12(3,17)13(14,15)16/h10H,4-9,17H2,1-3H3. The zero-order valence-electron chi connectivity index (χ0n) is 12.3. The number of amides is 1. The van der Waals surface area contributed by atoms with Crippen molar-refractivity contribution in [3.63, 3.8) is 0 Å². The van der Waals surface area contributed by atoms with Gasteiger partial charge in [0.05, 0.1) is 0 Å². The fourth-order valence-electron chi connectivity index (χ4n) is 2.62. The molecule has 0 bridgehead atoms. The first-order valence-corrected chi connectivity index (χ1v) is 7.04. The molecule has 0 aromatic carbocycles. The van der Waals surface area contributed by atoms with Gasteiger partial charge in [0.1, 0.15) is 0 Å².